The van der Waals surface area contributed by atoms with E-state index in [1.165, 1.54) is 6.42 Å². The monoisotopic (exact) mass is 295 g/mol. The lowest BCUT2D eigenvalue weighted by Crippen LogP contribution is -2.43. The van der Waals surface area contributed by atoms with Crippen LogP contribution in [-0.4, -0.2) is 21.3 Å². The first kappa shape index (κ1) is 15.6. The molecule has 0 aromatic carbocycles. The molecule has 0 saturated heterocycles. The minimum atomic E-state index is -0.0589. The summed E-state index contributed by atoms with van der Waals surface area (Å²) in [5.41, 5.74) is 7.12. The Bertz CT molecular complexity index is 490. The fourth-order valence-corrected chi connectivity index (χ4v) is 4.36. The predicted molar refractivity (Wildman–Crippen MR) is 84.0 cm³/mol. The van der Waals surface area contributed by atoms with Crippen molar-refractivity contribution in [1.29, 1.82) is 0 Å². The average Bonchev–Trinajstić information content (AvgIpc) is 2.33. The van der Waals surface area contributed by atoms with Crippen molar-refractivity contribution in [3.63, 3.8) is 0 Å². The third-order valence-corrected chi connectivity index (χ3v) is 5.46. The van der Waals surface area contributed by atoms with Crippen molar-refractivity contribution in [3.8, 4) is 0 Å². The molecule has 1 fully saturated rings. The van der Waals surface area contributed by atoms with Gasteiger partial charge in [0.05, 0.1) is 0 Å². The Morgan fingerprint density at radius 2 is 2.20 bits per heavy atom. The molecule has 1 aliphatic rings. The first-order chi connectivity index (χ1) is 9.49. The molecule has 3 N–H and O–H groups in total. The number of rotatable bonds is 4. The van der Waals surface area contributed by atoms with E-state index in [1.807, 2.05) is 0 Å². The highest BCUT2D eigenvalue weighted by molar-refractivity contribution is 7.99. The summed E-state index contributed by atoms with van der Waals surface area (Å²) < 4.78 is 0. The zero-order valence-corrected chi connectivity index (χ0v) is 13.4. The Morgan fingerprint density at radius 1 is 1.45 bits per heavy atom. The van der Waals surface area contributed by atoms with Crippen LogP contribution in [0.5, 0.6) is 0 Å². The van der Waals surface area contributed by atoms with Gasteiger partial charge in [0, 0.05) is 23.1 Å². The van der Waals surface area contributed by atoms with E-state index < -0.39 is 0 Å². The van der Waals surface area contributed by atoms with Crippen molar-refractivity contribution in [3.05, 3.63) is 22.1 Å². The molecule has 1 heterocycles. The van der Waals surface area contributed by atoms with Crippen LogP contribution in [0.1, 0.15) is 45.7 Å². The molecule has 5 heteroatoms. The maximum Gasteiger partial charge on any atom is 0.251 e. The quantitative estimate of drug-likeness (QED) is 0.838. The summed E-state index contributed by atoms with van der Waals surface area (Å²) in [5.74, 6) is 1.24. The molecule has 4 atom stereocenters. The molecule has 0 bridgehead atoms. The van der Waals surface area contributed by atoms with Gasteiger partial charge >= 0.3 is 0 Å². The van der Waals surface area contributed by atoms with Gasteiger partial charge in [-0.3, -0.25) is 4.79 Å². The highest BCUT2D eigenvalue weighted by Crippen LogP contribution is 2.37. The second-order valence-corrected chi connectivity index (χ2v) is 7.26. The summed E-state index contributed by atoms with van der Waals surface area (Å²) in [6.45, 7) is 6.61. The lowest BCUT2D eigenvalue weighted by molar-refractivity contribution is 0.279. The number of aromatic amines is 1. The fourth-order valence-electron chi connectivity index (χ4n) is 3.14. The maximum absolute atomic E-state index is 11.7. The van der Waals surface area contributed by atoms with E-state index in [0.29, 0.717) is 17.1 Å². The van der Waals surface area contributed by atoms with Crippen molar-refractivity contribution in [2.75, 3.05) is 0 Å². The molecular weight excluding hydrogens is 270 g/mol. The SMILES string of the molecule is CCCc1cc(=O)[nH]c(SC2C(C)CC(C)CC2N)n1. The Kier molecular flexibility index (Phi) is 5.27. The zero-order chi connectivity index (χ0) is 14.7. The molecule has 112 valence electrons. The number of nitrogens with zero attached hydrogens (tertiary/aromatic N) is 1. The fraction of sp³-hybridized carbons (Fsp3) is 0.733. The Labute approximate surface area is 125 Å². The second-order valence-electron chi connectivity index (χ2n) is 6.09. The van der Waals surface area contributed by atoms with Crippen LogP contribution >= 0.6 is 11.8 Å². The Balaban J connectivity index is 2.14. The predicted octanol–water partition coefficient (Wildman–Crippen LogP) is 2.58. The molecule has 0 amide bonds. The average molecular weight is 295 g/mol. The minimum Gasteiger partial charge on any atom is -0.327 e. The van der Waals surface area contributed by atoms with Crippen molar-refractivity contribution in [2.24, 2.45) is 17.6 Å². The van der Waals surface area contributed by atoms with E-state index in [4.69, 9.17) is 5.73 Å². The summed E-state index contributed by atoms with van der Waals surface area (Å²) in [6.07, 6.45) is 4.10. The summed E-state index contributed by atoms with van der Waals surface area (Å²) in [4.78, 5) is 19.1. The van der Waals surface area contributed by atoms with Crippen LogP contribution in [0.2, 0.25) is 0 Å². The lowest BCUT2D eigenvalue weighted by atomic mass is 9.80. The zero-order valence-electron chi connectivity index (χ0n) is 12.6. The molecule has 1 saturated carbocycles. The molecule has 0 spiro atoms. The van der Waals surface area contributed by atoms with Gasteiger partial charge in [0.1, 0.15) is 0 Å². The number of thioether (sulfide) groups is 1. The van der Waals surface area contributed by atoms with Gasteiger partial charge < -0.3 is 10.7 Å². The van der Waals surface area contributed by atoms with Gasteiger partial charge in [-0.25, -0.2) is 4.98 Å². The van der Waals surface area contributed by atoms with E-state index in [9.17, 15) is 4.79 Å². The van der Waals surface area contributed by atoms with Gasteiger partial charge in [-0.1, -0.05) is 39.0 Å². The van der Waals surface area contributed by atoms with Gasteiger partial charge in [-0.15, -0.1) is 0 Å². The van der Waals surface area contributed by atoms with Crippen molar-refractivity contribution < 1.29 is 0 Å². The van der Waals surface area contributed by atoms with Crippen molar-refractivity contribution >= 4 is 11.8 Å². The first-order valence-corrected chi connectivity index (χ1v) is 8.40. The molecule has 0 radical (unpaired) electrons. The molecule has 2 rings (SSSR count). The van der Waals surface area contributed by atoms with Gasteiger partial charge in [-0.05, 0) is 31.1 Å². The number of hydrogen-bond donors (Lipinski definition) is 2. The third-order valence-electron chi connectivity index (χ3n) is 3.96. The largest absolute Gasteiger partial charge is 0.327 e. The van der Waals surface area contributed by atoms with E-state index >= 15 is 0 Å². The molecule has 20 heavy (non-hydrogen) atoms. The number of nitrogens with two attached hydrogens (primary N) is 1. The van der Waals surface area contributed by atoms with E-state index in [2.05, 4.69) is 30.7 Å². The van der Waals surface area contributed by atoms with Crippen LogP contribution < -0.4 is 11.3 Å². The van der Waals surface area contributed by atoms with E-state index in [1.54, 1.807) is 17.8 Å². The molecule has 4 unspecified atom stereocenters. The summed E-state index contributed by atoms with van der Waals surface area (Å²) in [5, 5.41) is 1.06. The molecular formula is C15H25N3OS. The van der Waals surface area contributed by atoms with Crippen molar-refractivity contribution in [1.82, 2.24) is 9.97 Å². The number of nitrogens with one attached hydrogen (secondary N) is 1. The van der Waals surface area contributed by atoms with Crippen LogP contribution in [0.3, 0.4) is 0 Å². The summed E-state index contributed by atoms with van der Waals surface area (Å²) in [7, 11) is 0. The van der Waals surface area contributed by atoms with Gasteiger partial charge in [0.2, 0.25) is 0 Å². The number of aromatic nitrogens is 2. The van der Waals surface area contributed by atoms with Crippen LogP contribution in [-0.2, 0) is 6.42 Å². The van der Waals surface area contributed by atoms with Gasteiger partial charge in [-0.2, -0.15) is 0 Å². The first-order valence-electron chi connectivity index (χ1n) is 7.52. The molecule has 0 aliphatic heterocycles. The highest BCUT2D eigenvalue weighted by atomic mass is 32.2. The molecule has 1 aliphatic carbocycles. The van der Waals surface area contributed by atoms with Crippen LogP contribution in [0, 0.1) is 11.8 Å². The molecule has 1 aromatic rings. The normalized spacial score (nSPS) is 30.4. The van der Waals surface area contributed by atoms with Crippen LogP contribution in [0.15, 0.2) is 16.0 Å². The second kappa shape index (κ2) is 6.76. The summed E-state index contributed by atoms with van der Waals surface area (Å²) >= 11 is 1.65. The Morgan fingerprint density at radius 3 is 2.85 bits per heavy atom. The lowest BCUT2D eigenvalue weighted by Gasteiger charge is -2.36. The standard InChI is InChI=1S/C15H25N3OS/c1-4-5-11-8-13(19)18-15(17-11)20-14-10(3)6-9(2)7-12(14)16/h8-10,12,14H,4-7,16H2,1-3H3,(H,17,18,19). The smallest absolute Gasteiger partial charge is 0.251 e. The number of hydrogen-bond acceptors (Lipinski definition) is 4. The number of aryl methyl sites for hydroxylation is 1. The maximum atomic E-state index is 11.7. The van der Waals surface area contributed by atoms with Crippen LogP contribution in [0.25, 0.3) is 0 Å². The highest BCUT2D eigenvalue weighted by Gasteiger charge is 2.33. The van der Waals surface area contributed by atoms with E-state index in [-0.39, 0.29) is 11.6 Å². The van der Waals surface area contributed by atoms with Crippen LogP contribution in [0.4, 0.5) is 0 Å². The topological polar surface area (TPSA) is 71.8 Å². The molecule has 1 aromatic heterocycles. The van der Waals surface area contributed by atoms with Gasteiger partial charge in [0.15, 0.2) is 5.16 Å². The van der Waals surface area contributed by atoms with Gasteiger partial charge in [0.25, 0.3) is 5.56 Å². The third kappa shape index (κ3) is 3.85. The summed E-state index contributed by atoms with van der Waals surface area (Å²) in [6, 6.07) is 1.78. The minimum absolute atomic E-state index is 0.0589. The Hall–Kier alpha value is -0.810. The number of H-pyrrole nitrogens is 1. The van der Waals surface area contributed by atoms with E-state index in [0.717, 1.165) is 30.1 Å². The molecule has 4 nitrogen and oxygen atoms in total. The van der Waals surface area contributed by atoms with Crippen molar-refractivity contribution in [2.45, 2.75) is 62.9 Å².